The number of esters is 1. The molecule has 0 saturated heterocycles. The van der Waals surface area contributed by atoms with E-state index in [-0.39, 0.29) is 18.8 Å². The highest BCUT2D eigenvalue weighted by atomic mass is 35.5. The van der Waals surface area contributed by atoms with E-state index in [4.69, 9.17) is 20.3 Å². The van der Waals surface area contributed by atoms with Gasteiger partial charge >= 0.3 is 18.1 Å². The van der Waals surface area contributed by atoms with Gasteiger partial charge in [-0.1, -0.05) is 30.3 Å². The van der Waals surface area contributed by atoms with Crippen molar-refractivity contribution in [1.29, 1.82) is 0 Å². The highest BCUT2D eigenvalue weighted by molar-refractivity contribution is 5.90. The lowest BCUT2D eigenvalue weighted by molar-refractivity contribution is -0.157. The fraction of sp³-hybridized carbons (Fsp3) is 0.444. The molecule has 0 radical (unpaired) electrons. The molecular formula is C18H25ClN2O8. The number of carbonyl (C=O) groups excluding carboxylic acids is 3. The summed E-state index contributed by atoms with van der Waals surface area (Å²) in [4.78, 5) is 46.4. The number of nitrogens with two attached hydrogens (primary N) is 1. The summed E-state index contributed by atoms with van der Waals surface area (Å²) in [5.41, 5.74) is 6.23. The zero-order valence-corrected chi connectivity index (χ0v) is 16.8. The maximum atomic E-state index is 12.3. The molecule has 2 atom stereocenters. The van der Waals surface area contributed by atoms with Crippen molar-refractivity contribution in [2.75, 3.05) is 6.79 Å². The smallest absolute Gasteiger partial charge is 0.481 e. The standard InChI is InChI=1S/C18H24N2O8.ClH/c1-11(2)28-18(25)27-10-26-17(24)14(8-12-6-4-3-5-7-12)20-16(23)13(19)9-15(21)22;/h3-7,11,13-14H,8-10,19H2,1-2H3,(H,20,23)(H,21,22);1H. The second kappa shape index (κ2) is 13.3. The van der Waals surface area contributed by atoms with Crippen molar-refractivity contribution in [3.63, 3.8) is 0 Å². The molecule has 0 heterocycles. The molecule has 1 aromatic carbocycles. The zero-order valence-electron chi connectivity index (χ0n) is 16.0. The van der Waals surface area contributed by atoms with Crippen LogP contribution in [0.3, 0.4) is 0 Å². The molecule has 1 amide bonds. The molecule has 10 nitrogen and oxygen atoms in total. The minimum atomic E-state index is -1.33. The molecule has 162 valence electrons. The number of hydrogen-bond donors (Lipinski definition) is 3. The number of rotatable bonds is 10. The lowest BCUT2D eigenvalue weighted by Crippen LogP contribution is -2.50. The summed E-state index contributed by atoms with van der Waals surface area (Å²) < 4.78 is 14.2. The van der Waals surface area contributed by atoms with E-state index in [0.717, 1.165) is 5.56 Å². The summed E-state index contributed by atoms with van der Waals surface area (Å²) in [6.45, 7) is 2.55. The number of aliphatic carboxylic acids is 1. The molecule has 2 unspecified atom stereocenters. The molecule has 0 bridgehead atoms. The number of carboxylic acid groups (broad SMARTS) is 1. The first-order chi connectivity index (χ1) is 13.2. The van der Waals surface area contributed by atoms with Crippen LogP contribution in [0.25, 0.3) is 0 Å². The highest BCUT2D eigenvalue weighted by Crippen LogP contribution is 2.06. The summed E-state index contributed by atoms with van der Waals surface area (Å²) in [6.07, 6.45) is -1.93. The monoisotopic (exact) mass is 432 g/mol. The molecule has 1 rings (SSSR count). The Bertz CT molecular complexity index is 684. The van der Waals surface area contributed by atoms with E-state index in [1.807, 2.05) is 0 Å². The number of benzene rings is 1. The minimum Gasteiger partial charge on any atom is -0.481 e. The van der Waals surface area contributed by atoms with Crippen LogP contribution in [0.2, 0.25) is 0 Å². The average molecular weight is 433 g/mol. The van der Waals surface area contributed by atoms with Crippen molar-refractivity contribution in [1.82, 2.24) is 5.32 Å². The van der Waals surface area contributed by atoms with Crippen molar-refractivity contribution >= 4 is 36.4 Å². The number of carbonyl (C=O) groups is 4. The van der Waals surface area contributed by atoms with Gasteiger partial charge in [0.15, 0.2) is 0 Å². The molecule has 0 aliphatic carbocycles. The lowest BCUT2D eigenvalue weighted by atomic mass is 10.1. The Morgan fingerprint density at radius 1 is 1.10 bits per heavy atom. The second-order valence-corrected chi connectivity index (χ2v) is 6.10. The second-order valence-electron chi connectivity index (χ2n) is 6.10. The first kappa shape index (κ1) is 26.1. The molecule has 0 spiro atoms. The molecule has 0 aliphatic rings. The van der Waals surface area contributed by atoms with Crippen molar-refractivity contribution in [3.8, 4) is 0 Å². The number of carboxylic acids is 1. The maximum absolute atomic E-state index is 12.3. The van der Waals surface area contributed by atoms with Crippen LogP contribution in [0, 0.1) is 0 Å². The van der Waals surface area contributed by atoms with E-state index in [1.54, 1.807) is 44.2 Å². The van der Waals surface area contributed by atoms with Crippen LogP contribution in [-0.2, 0) is 35.0 Å². The largest absolute Gasteiger partial charge is 0.511 e. The van der Waals surface area contributed by atoms with Crippen LogP contribution in [0.1, 0.15) is 25.8 Å². The summed E-state index contributed by atoms with van der Waals surface area (Å²) in [5, 5.41) is 11.1. The topological polar surface area (TPSA) is 154 Å². The Labute approximate surface area is 174 Å². The Balaban J connectivity index is 0.00000784. The molecule has 0 aromatic heterocycles. The van der Waals surface area contributed by atoms with E-state index in [1.165, 1.54) is 0 Å². The third-order valence-electron chi connectivity index (χ3n) is 3.32. The van der Waals surface area contributed by atoms with Gasteiger partial charge in [0.05, 0.1) is 18.6 Å². The van der Waals surface area contributed by atoms with E-state index >= 15 is 0 Å². The van der Waals surface area contributed by atoms with Gasteiger partial charge < -0.3 is 30.4 Å². The SMILES string of the molecule is CC(C)OC(=O)OCOC(=O)C(Cc1ccccc1)NC(=O)C(N)CC(=O)O.Cl. The predicted molar refractivity (Wildman–Crippen MR) is 103 cm³/mol. The quantitative estimate of drug-likeness (QED) is 0.362. The van der Waals surface area contributed by atoms with E-state index in [0.29, 0.717) is 0 Å². The lowest BCUT2D eigenvalue weighted by Gasteiger charge is -2.19. The van der Waals surface area contributed by atoms with Gasteiger partial charge in [0.25, 0.3) is 0 Å². The van der Waals surface area contributed by atoms with Crippen molar-refractivity contribution < 1.29 is 38.5 Å². The van der Waals surface area contributed by atoms with Crippen molar-refractivity contribution in [2.45, 2.75) is 44.9 Å². The first-order valence-electron chi connectivity index (χ1n) is 8.50. The third kappa shape index (κ3) is 10.9. The average Bonchev–Trinajstić information content (AvgIpc) is 2.60. The van der Waals surface area contributed by atoms with E-state index in [9.17, 15) is 19.2 Å². The molecule has 4 N–H and O–H groups in total. The van der Waals surface area contributed by atoms with Crippen LogP contribution < -0.4 is 11.1 Å². The zero-order chi connectivity index (χ0) is 21.1. The Morgan fingerprint density at radius 2 is 1.72 bits per heavy atom. The molecule has 0 fully saturated rings. The number of hydrogen-bond acceptors (Lipinski definition) is 8. The van der Waals surface area contributed by atoms with Gasteiger partial charge in [-0.15, -0.1) is 12.4 Å². The van der Waals surface area contributed by atoms with Crippen LogP contribution in [0.15, 0.2) is 30.3 Å². The number of ether oxygens (including phenoxy) is 3. The molecule has 0 saturated carbocycles. The van der Waals surface area contributed by atoms with E-state index in [2.05, 4.69) is 10.1 Å². The molecular weight excluding hydrogens is 408 g/mol. The van der Waals surface area contributed by atoms with Gasteiger partial charge in [-0.3, -0.25) is 9.59 Å². The van der Waals surface area contributed by atoms with Crippen molar-refractivity contribution in [2.24, 2.45) is 5.73 Å². The highest BCUT2D eigenvalue weighted by Gasteiger charge is 2.26. The van der Waals surface area contributed by atoms with E-state index < -0.39 is 55.4 Å². The number of halogens is 1. The van der Waals surface area contributed by atoms with Crippen LogP contribution >= 0.6 is 12.4 Å². The number of amides is 1. The number of nitrogens with one attached hydrogen (secondary N) is 1. The normalized spacial score (nSPS) is 12.1. The Morgan fingerprint density at radius 3 is 2.28 bits per heavy atom. The van der Waals surface area contributed by atoms with Gasteiger partial charge in [0.1, 0.15) is 6.04 Å². The van der Waals surface area contributed by atoms with Crippen molar-refractivity contribution in [3.05, 3.63) is 35.9 Å². The Kier molecular flexibility index (Phi) is 12.0. The fourth-order valence-corrected chi connectivity index (χ4v) is 2.07. The summed E-state index contributed by atoms with van der Waals surface area (Å²) in [5.74, 6) is -2.95. The van der Waals surface area contributed by atoms with Crippen LogP contribution in [0.4, 0.5) is 4.79 Å². The summed E-state index contributed by atoms with van der Waals surface area (Å²) in [7, 11) is 0. The van der Waals surface area contributed by atoms with Gasteiger partial charge in [-0.2, -0.15) is 0 Å². The van der Waals surface area contributed by atoms with Gasteiger partial charge in [0.2, 0.25) is 12.7 Å². The first-order valence-corrected chi connectivity index (χ1v) is 8.50. The minimum absolute atomic E-state index is 0. The van der Waals surface area contributed by atoms with Gasteiger partial charge in [0, 0.05) is 6.42 Å². The molecule has 1 aromatic rings. The predicted octanol–water partition coefficient (Wildman–Crippen LogP) is 1.00. The fourth-order valence-electron chi connectivity index (χ4n) is 2.07. The van der Waals surface area contributed by atoms with Crippen LogP contribution in [-0.4, -0.2) is 54.1 Å². The van der Waals surface area contributed by atoms with Gasteiger partial charge in [-0.05, 0) is 19.4 Å². The Hall–Kier alpha value is -2.85. The summed E-state index contributed by atoms with van der Waals surface area (Å²) in [6, 6.07) is 6.27. The van der Waals surface area contributed by atoms with Crippen LogP contribution in [0.5, 0.6) is 0 Å². The molecule has 0 aliphatic heterocycles. The van der Waals surface area contributed by atoms with Gasteiger partial charge in [-0.25, -0.2) is 9.59 Å². The molecule has 29 heavy (non-hydrogen) atoms. The summed E-state index contributed by atoms with van der Waals surface area (Å²) >= 11 is 0. The molecule has 11 heteroatoms. The maximum Gasteiger partial charge on any atom is 0.511 e. The third-order valence-corrected chi connectivity index (χ3v) is 3.32.